The molecule has 1 aliphatic rings. The van der Waals surface area contributed by atoms with E-state index in [1.54, 1.807) is 0 Å². The third kappa shape index (κ3) is 4.49. The van der Waals surface area contributed by atoms with Crippen LogP contribution < -0.4 is 0 Å². The first-order chi connectivity index (χ1) is 8.81. The molecule has 8 nitrogen and oxygen atoms in total. The predicted molar refractivity (Wildman–Crippen MR) is 58.6 cm³/mol. The number of ether oxygens (including phenoxy) is 4. The molecule has 0 unspecified atom stereocenters. The minimum Gasteiger partial charge on any atom is -0.456 e. The first-order valence-corrected chi connectivity index (χ1v) is 5.62. The topological polar surface area (TPSA) is 108 Å². The fourth-order valence-corrected chi connectivity index (χ4v) is 1.72. The maximum absolute atomic E-state index is 11.1. The maximum Gasteiger partial charge on any atom is 0.303 e. The number of aliphatic hydroxyl groups is 1. The van der Waals surface area contributed by atoms with E-state index in [2.05, 4.69) is 0 Å². The van der Waals surface area contributed by atoms with Crippen molar-refractivity contribution < 1.29 is 38.4 Å². The van der Waals surface area contributed by atoms with Gasteiger partial charge in [-0.2, -0.15) is 0 Å². The fourth-order valence-electron chi connectivity index (χ4n) is 1.72. The summed E-state index contributed by atoms with van der Waals surface area (Å²) in [6.45, 7) is 3.29. The van der Waals surface area contributed by atoms with Gasteiger partial charge in [0.1, 0.15) is 0 Å². The monoisotopic (exact) mass is 276 g/mol. The van der Waals surface area contributed by atoms with Crippen LogP contribution in [0.2, 0.25) is 0 Å². The second-order valence-corrected chi connectivity index (χ2v) is 4.02. The average molecular weight is 276 g/mol. The zero-order chi connectivity index (χ0) is 14.6. The summed E-state index contributed by atoms with van der Waals surface area (Å²) in [6, 6.07) is 0. The molecule has 0 aromatic rings. The van der Waals surface area contributed by atoms with Crippen molar-refractivity contribution in [2.75, 3.05) is 6.61 Å². The number of carbonyl (C=O) groups is 3. The highest BCUT2D eigenvalue weighted by Crippen LogP contribution is 2.23. The van der Waals surface area contributed by atoms with Crippen LogP contribution in [-0.4, -0.2) is 54.2 Å². The van der Waals surface area contributed by atoms with Crippen molar-refractivity contribution in [1.82, 2.24) is 0 Å². The molecule has 0 amide bonds. The maximum atomic E-state index is 11.1. The highest BCUT2D eigenvalue weighted by Gasteiger charge is 2.46. The van der Waals surface area contributed by atoms with Crippen molar-refractivity contribution >= 4 is 17.9 Å². The van der Waals surface area contributed by atoms with Gasteiger partial charge in [-0.05, 0) is 0 Å². The number of aliphatic hydroxyl groups excluding tert-OH is 1. The van der Waals surface area contributed by atoms with E-state index in [-0.39, 0.29) is 6.61 Å². The Bertz CT molecular complexity index is 366. The Morgan fingerprint density at radius 1 is 0.947 bits per heavy atom. The van der Waals surface area contributed by atoms with Crippen LogP contribution in [0.4, 0.5) is 0 Å². The van der Waals surface area contributed by atoms with Crippen LogP contribution in [-0.2, 0) is 33.3 Å². The molecule has 1 fully saturated rings. The van der Waals surface area contributed by atoms with Crippen LogP contribution >= 0.6 is 0 Å². The highest BCUT2D eigenvalue weighted by molar-refractivity contribution is 5.68. The molecule has 108 valence electrons. The van der Waals surface area contributed by atoms with Crippen LogP contribution in [0.25, 0.3) is 0 Å². The lowest BCUT2D eigenvalue weighted by molar-refractivity contribution is -0.267. The molecule has 8 heteroatoms. The van der Waals surface area contributed by atoms with Gasteiger partial charge in [0.25, 0.3) is 0 Å². The molecule has 19 heavy (non-hydrogen) atoms. The summed E-state index contributed by atoms with van der Waals surface area (Å²) < 4.78 is 19.6. The van der Waals surface area contributed by atoms with Crippen LogP contribution in [0.3, 0.4) is 0 Å². The van der Waals surface area contributed by atoms with Crippen molar-refractivity contribution in [3.05, 3.63) is 0 Å². The number of esters is 3. The van der Waals surface area contributed by atoms with Crippen LogP contribution in [0.5, 0.6) is 0 Å². The van der Waals surface area contributed by atoms with Crippen molar-refractivity contribution in [2.45, 2.75) is 45.4 Å². The van der Waals surface area contributed by atoms with Crippen molar-refractivity contribution in [1.29, 1.82) is 0 Å². The van der Waals surface area contributed by atoms with E-state index in [9.17, 15) is 19.5 Å². The van der Waals surface area contributed by atoms with Gasteiger partial charge in [-0.25, -0.2) is 0 Å². The fraction of sp³-hybridized carbons (Fsp3) is 0.727. The van der Waals surface area contributed by atoms with Gasteiger partial charge in [0, 0.05) is 20.8 Å². The summed E-state index contributed by atoms with van der Waals surface area (Å²) in [5.74, 6) is -1.95. The minimum absolute atomic E-state index is 0.170. The van der Waals surface area contributed by atoms with Gasteiger partial charge in [-0.3, -0.25) is 14.4 Å². The lowest BCUT2D eigenvalue weighted by atomic mass is 10.0. The Kier molecular flexibility index (Phi) is 5.25. The molecular formula is C11H16O8. The van der Waals surface area contributed by atoms with Gasteiger partial charge in [-0.15, -0.1) is 0 Å². The zero-order valence-corrected chi connectivity index (χ0v) is 10.8. The lowest BCUT2D eigenvalue weighted by Crippen LogP contribution is -2.57. The Balaban J connectivity index is 2.89. The van der Waals surface area contributed by atoms with Gasteiger partial charge in [0.2, 0.25) is 0 Å². The first kappa shape index (κ1) is 15.4. The SMILES string of the molecule is CC(=O)O[C@@H]1[C@H](OC(C)=O)[C@H](O)OC[C@@H]1OC(C)=O. The molecule has 0 bridgehead atoms. The van der Waals surface area contributed by atoms with Crippen molar-refractivity contribution in [2.24, 2.45) is 0 Å². The van der Waals surface area contributed by atoms with Gasteiger partial charge < -0.3 is 24.1 Å². The van der Waals surface area contributed by atoms with Crippen LogP contribution in [0.15, 0.2) is 0 Å². The van der Waals surface area contributed by atoms with E-state index in [1.807, 2.05) is 0 Å². The Morgan fingerprint density at radius 3 is 1.89 bits per heavy atom. The third-order valence-electron chi connectivity index (χ3n) is 2.32. The van der Waals surface area contributed by atoms with Gasteiger partial charge in [0.15, 0.2) is 24.6 Å². The average Bonchev–Trinajstić information content (AvgIpc) is 2.25. The van der Waals surface area contributed by atoms with E-state index in [4.69, 9.17) is 18.9 Å². The van der Waals surface area contributed by atoms with Gasteiger partial charge in [0.05, 0.1) is 6.61 Å². The van der Waals surface area contributed by atoms with Crippen LogP contribution in [0.1, 0.15) is 20.8 Å². The smallest absolute Gasteiger partial charge is 0.303 e. The Labute approximate surface area is 109 Å². The molecule has 0 aromatic heterocycles. The second-order valence-electron chi connectivity index (χ2n) is 4.02. The summed E-state index contributed by atoms with van der Waals surface area (Å²) in [6.07, 6.45) is -4.78. The first-order valence-electron chi connectivity index (χ1n) is 5.62. The van der Waals surface area contributed by atoms with E-state index in [0.29, 0.717) is 0 Å². The molecule has 0 spiro atoms. The number of rotatable bonds is 3. The van der Waals surface area contributed by atoms with E-state index < -0.39 is 42.5 Å². The van der Waals surface area contributed by atoms with E-state index >= 15 is 0 Å². The summed E-state index contributed by atoms with van der Waals surface area (Å²) in [5, 5.41) is 9.62. The summed E-state index contributed by atoms with van der Waals surface area (Å²) in [7, 11) is 0. The van der Waals surface area contributed by atoms with E-state index in [1.165, 1.54) is 6.92 Å². The summed E-state index contributed by atoms with van der Waals surface area (Å²) >= 11 is 0. The Morgan fingerprint density at radius 2 is 1.42 bits per heavy atom. The van der Waals surface area contributed by atoms with Crippen LogP contribution in [0, 0.1) is 0 Å². The standard InChI is InChI=1S/C11H16O8/c1-5(12)17-8-4-16-11(15)10(19-7(3)14)9(8)18-6(2)13/h8-11,15H,4H2,1-3H3/t8-,9-,10-,11+/m0/s1. The molecule has 4 atom stereocenters. The molecule has 1 N–H and O–H groups in total. The summed E-state index contributed by atoms with van der Waals surface area (Å²) in [5.41, 5.74) is 0. The van der Waals surface area contributed by atoms with Crippen molar-refractivity contribution in [3.63, 3.8) is 0 Å². The molecule has 1 rings (SSSR count). The molecule has 1 aliphatic heterocycles. The highest BCUT2D eigenvalue weighted by atomic mass is 16.7. The normalized spacial score (nSPS) is 30.3. The number of carbonyl (C=O) groups excluding carboxylic acids is 3. The molecular weight excluding hydrogens is 260 g/mol. The number of hydrogen-bond acceptors (Lipinski definition) is 8. The lowest BCUT2D eigenvalue weighted by Gasteiger charge is -2.38. The molecule has 1 heterocycles. The zero-order valence-electron chi connectivity index (χ0n) is 10.8. The van der Waals surface area contributed by atoms with E-state index in [0.717, 1.165) is 13.8 Å². The summed E-state index contributed by atoms with van der Waals surface area (Å²) in [4.78, 5) is 33.0. The van der Waals surface area contributed by atoms with Crippen molar-refractivity contribution in [3.8, 4) is 0 Å². The third-order valence-corrected chi connectivity index (χ3v) is 2.32. The minimum atomic E-state index is -1.46. The van der Waals surface area contributed by atoms with Gasteiger partial charge in [-0.1, -0.05) is 0 Å². The second kappa shape index (κ2) is 6.48. The largest absolute Gasteiger partial charge is 0.456 e. The Hall–Kier alpha value is -1.67. The number of hydrogen-bond donors (Lipinski definition) is 1. The molecule has 0 aliphatic carbocycles. The predicted octanol–water partition coefficient (Wildman–Crippen LogP) is -0.870. The van der Waals surface area contributed by atoms with Gasteiger partial charge >= 0.3 is 17.9 Å². The molecule has 0 aromatic carbocycles. The quantitative estimate of drug-likeness (QED) is 0.523. The molecule has 0 saturated carbocycles. The molecule has 1 saturated heterocycles. The molecule has 0 radical (unpaired) electrons.